The fourth-order valence-corrected chi connectivity index (χ4v) is 5.84. The highest BCUT2D eigenvalue weighted by molar-refractivity contribution is 7.88. The van der Waals surface area contributed by atoms with Crippen LogP contribution >= 0.6 is 0 Å². The molecule has 1 amide bonds. The first-order chi connectivity index (χ1) is 14.3. The molecule has 2 aromatic rings. The number of likely N-dealkylation sites (tertiary alicyclic amines) is 1. The quantitative estimate of drug-likeness (QED) is 0.663. The zero-order valence-corrected chi connectivity index (χ0v) is 18.3. The molecule has 1 aliphatic carbocycles. The molecule has 30 heavy (non-hydrogen) atoms. The molecule has 0 unspecified atom stereocenters. The van der Waals surface area contributed by atoms with Gasteiger partial charge in [-0.15, -0.1) is 0 Å². The Hall–Kier alpha value is -2.26. The average molecular weight is 433 g/mol. The fraction of sp³-hybridized carbons (Fsp3) is 0.571. The van der Waals surface area contributed by atoms with Crippen LogP contribution in [0, 0.1) is 6.92 Å². The molecule has 4 rings (SSSR count). The van der Waals surface area contributed by atoms with E-state index in [1.807, 2.05) is 35.2 Å². The average Bonchev–Trinajstić information content (AvgIpc) is 3.32. The first-order valence-corrected chi connectivity index (χ1v) is 12.3. The molecular weight excluding hydrogens is 404 g/mol. The number of nitrogens with zero attached hydrogens (tertiary/aromatic N) is 4. The highest BCUT2D eigenvalue weighted by Gasteiger charge is 2.49. The second-order valence-electron chi connectivity index (χ2n) is 8.37. The van der Waals surface area contributed by atoms with Crippen LogP contribution in [-0.2, 0) is 26.7 Å². The summed E-state index contributed by atoms with van der Waals surface area (Å²) in [7, 11) is -3.41. The van der Waals surface area contributed by atoms with Gasteiger partial charge in [-0.2, -0.15) is 9.29 Å². The molecule has 1 aromatic heterocycles. The number of aryl methyl sites for hydroxylation is 1. The summed E-state index contributed by atoms with van der Waals surface area (Å²) >= 11 is 0. The van der Waals surface area contributed by atoms with Crippen molar-refractivity contribution in [3.63, 3.8) is 0 Å². The number of carbonyl (C=O) groups is 1. The van der Waals surface area contributed by atoms with E-state index in [0.717, 1.165) is 31.2 Å². The zero-order valence-electron chi connectivity index (χ0n) is 17.5. The smallest absolute Gasteiger partial charge is 0.233 e. The lowest BCUT2D eigenvalue weighted by Crippen LogP contribution is -2.65. The molecule has 0 radical (unpaired) electrons. The van der Waals surface area contributed by atoms with E-state index >= 15 is 0 Å². The molecule has 1 aliphatic heterocycles. The van der Waals surface area contributed by atoms with Gasteiger partial charge in [0.25, 0.3) is 0 Å². The molecule has 0 spiro atoms. The molecule has 1 aromatic carbocycles. The summed E-state index contributed by atoms with van der Waals surface area (Å²) in [5.41, 5.74) is 0.605. The van der Waals surface area contributed by atoms with Crippen LogP contribution < -0.4 is 0 Å². The monoisotopic (exact) mass is 432 g/mol. The molecule has 2 heterocycles. The number of carbonyl (C=O) groups excluding carboxylic acids is 1. The maximum absolute atomic E-state index is 13.5. The minimum Gasteiger partial charge on any atom is -0.340 e. The third-order valence-corrected chi connectivity index (χ3v) is 7.63. The van der Waals surface area contributed by atoms with Crippen LogP contribution in [0.1, 0.15) is 43.0 Å². The SMILES string of the molecule is Cc1nc(CCN(C2CN(C(=O)C3(c4ccccc4)CCCC3)C2)S(C)(=O)=O)no1. The van der Waals surface area contributed by atoms with Gasteiger partial charge in [-0.05, 0) is 18.4 Å². The standard InChI is InChI=1S/C21H28N4O4S/c1-16-22-19(23-29-16)10-13-25(30(2,27)28)18-14-24(15-18)20(26)21(11-6-7-12-21)17-8-4-3-5-9-17/h3-5,8-9,18H,6-7,10-15H2,1-2H3. The number of benzene rings is 1. The third-order valence-electron chi connectivity index (χ3n) is 6.30. The van der Waals surface area contributed by atoms with Crippen molar-refractivity contribution in [3.05, 3.63) is 47.6 Å². The summed E-state index contributed by atoms with van der Waals surface area (Å²) in [5, 5.41) is 3.84. The van der Waals surface area contributed by atoms with Crippen molar-refractivity contribution in [3.8, 4) is 0 Å². The Morgan fingerprint density at radius 3 is 2.47 bits per heavy atom. The highest BCUT2D eigenvalue weighted by atomic mass is 32.2. The van der Waals surface area contributed by atoms with E-state index in [-0.39, 0.29) is 18.5 Å². The number of hydrogen-bond donors (Lipinski definition) is 0. The van der Waals surface area contributed by atoms with Gasteiger partial charge in [-0.25, -0.2) is 8.42 Å². The maximum Gasteiger partial charge on any atom is 0.233 e. The van der Waals surface area contributed by atoms with Crippen molar-refractivity contribution >= 4 is 15.9 Å². The fourth-order valence-electron chi connectivity index (χ4n) is 4.74. The van der Waals surface area contributed by atoms with Gasteiger partial charge in [0.2, 0.25) is 21.8 Å². The van der Waals surface area contributed by atoms with Gasteiger partial charge in [-0.3, -0.25) is 4.79 Å². The van der Waals surface area contributed by atoms with Crippen molar-refractivity contribution in [1.29, 1.82) is 0 Å². The minimum absolute atomic E-state index is 0.129. The zero-order chi connectivity index (χ0) is 21.4. The van der Waals surface area contributed by atoms with E-state index in [0.29, 0.717) is 31.2 Å². The number of rotatable bonds is 7. The molecule has 8 nitrogen and oxygen atoms in total. The lowest BCUT2D eigenvalue weighted by molar-refractivity contribution is -0.143. The molecule has 0 atom stereocenters. The van der Waals surface area contributed by atoms with Gasteiger partial charge in [0.05, 0.1) is 17.7 Å². The van der Waals surface area contributed by atoms with Gasteiger partial charge in [0, 0.05) is 33.0 Å². The predicted octanol–water partition coefficient (Wildman–Crippen LogP) is 1.90. The van der Waals surface area contributed by atoms with E-state index in [9.17, 15) is 13.2 Å². The number of aromatic nitrogens is 2. The first kappa shape index (κ1) is 21.0. The second-order valence-corrected chi connectivity index (χ2v) is 10.3. The molecule has 2 fully saturated rings. The molecular formula is C21H28N4O4S. The van der Waals surface area contributed by atoms with Crippen LogP contribution in [0.15, 0.2) is 34.9 Å². The van der Waals surface area contributed by atoms with E-state index in [1.165, 1.54) is 10.6 Å². The Kier molecular flexibility index (Phi) is 5.67. The number of hydrogen-bond acceptors (Lipinski definition) is 6. The van der Waals surface area contributed by atoms with Crippen molar-refractivity contribution in [2.24, 2.45) is 0 Å². The molecule has 0 N–H and O–H groups in total. The van der Waals surface area contributed by atoms with E-state index in [1.54, 1.807) is 6.92 Å². The predicted molar refractivity (Wildman–Crippen MR) is 111 cm³/mol. The summed E-state index contributed by atoms with van der Waals surface area (Å²) in [6.07, 6.45) is 5.37. The van der Waals surface area contributed by atoms with Crippen molar-refractivity contribution in [2.75, 3.05) is 25.9 Å². The molecule has 0 bridgehead atoms. The van der Waals surface area contributed by atoms with Crippen LogP contribution in [0.25, 0.3) is 0 Å². The highest BCUT2D eigenvalue weighted by Crippen LogP contribution is 2.43. The number of amides is 1. The molecule has 162 valence electrons. The van der Waals surface area contributed by atoms with Gasteiger partial charge in [-0.1, -0.05) is 48.3 Å². The second kappa shape index (κ2) is 8.11. The van der Waals surface area contributed by atoms with E-state index in [2.05, 4.69) is 10.1 Å². The largest absolute Gasteiger partial charge is 0.340 e. The number of sulfonamides is 1. The Morgan fingerprint density at radius 1 is 1.23 bits per heavy atom. The summed E-state index contributed by atoms with van der Waals surface area (Å²) in [6, 6.07) is 9.78. The van der Waals surface area contributed by atoms with E-state index in [4.69, 9.17) is 4.52 Å². The topological polar surface area (TPSA) is 96.6 Å². The Labute approximate surface area is 177 Å². The third kappa shape index (κ3) is 4.00. The Balaban J connectivity index is 1.44. The summed E-state index contributed by atoms with van der Waals surface area (Å²) < 4.78 is 31.2. The van der Waals surface area contributed by atoms with Gasteiger partial charge < -0.3 is 9.42 Å². The normalized spacial score (nSPS) is 19.2. The Morgan fingerprint density at radius 2 is 1.90 bits per heavy atom. The molecule has 1 saturated carbocycles. The minimum atomic E-state index is -3.41. The van der Waals surface area contributed by atoms with Crippen molar-refractivity contribution in [1.82, 2.24) is 19.3 Å². The van der Waals surface area contributed by atoms with Crippen LogP contribution in [0.2, 0.25) is 0 Å². The van der Waals surface area contributed by atoms with Crippen LogP contribution in [0.4, 0.5) is 0 Å². The van der Waals surface area contributed by atoms with Gasteiger partial charge >= 0.3 is 0 Å². The lowest BCUT2D eigenvalue weighted by atomic mass is 9.77. The van der Waals surface area contributed by atoms with Crippen molar-refractivity contribution < 1.29 is 17.7 Å². The lowest BCUT2D eigenvalue weighted by Gasteiger charge is -2.47. The summed E-state index contributed by atoms with van der Waals surface area (Å²) in [4.78, 5) is 19.4. The summed E-state index contributed by atoms with van der Waals surface area (Å²) in [5.74, 6) is 1.08. The summed E-state index contributed by atoms with van der Waals surface area (Å²) in [6.45, 7) is 2.82. The van der Waals surface area contributed by atoms with Gasteiger partial charge in [0.15, 0.2) is 5.82 Å². The van der Waals surface area contributed by atoms with Gasteiger partial charge in [0.1, 0.15) is 0 Å². The molecule has 9 heteroatoms. The first-order valence-electron chi connectivity index (χ1n) is 10.4. The molecule has 2 aliphatic rings. The Bertz CT molecular complexity index is 993. The maximum atomic E-state index is 13.5. The molecule has 1 saturated heterocycles. The van der Waals surface area contributed by atoms with Crippen LogP contribution in [0.3, 0.4) is 0 Å². The van der Waals surface area contributed by atoms with Crippen LogP contribution in [0.5, 0.6) is 0 Å². The van der Waals surface area contributed by atoms with Crippen molar-refractivity contribution in [2.45, 2.75) is 50.5 Å². The van der Waals surface area contributed by atoms with Crippen LogP contribution in [-0.4, -0.2) is 65.6 Å². The van der Waals surface area contributed by atoms with E-state index < -0.39 is 15.4 Å².